The first-order chi connectivity index (χ1) is 13.9. The van der Waals surface area contributed by atoms with E-state index in [4.69, 9.17) is 21.3 Å². The molecule has 1 aromatic heterocycles. The minimum absolute atomic E-state index is 0.0262. The van der Waals surface area contributed by atoms with E-state index in [0.717, 1.165) is 22.4 Å². The van der Waals surface area contributed by atoms with Crippen LogP contribution in [0, 0.1) is 19.7 Å². The van der Waals surface area contributed by atoms with Gasteiger partial charge in [-0.05, 0) is 61.9 Å². The number of anilines is 1. The first-order valence-corrected chi connectivity index (χ1v) is 9.33. The van der Waals surface area contributed by atoms with Crippen LogP contribution in [0.25, 0.3) is 5.70 Å². The molecular formula is C23H21ClFN3O. The van der Waals surface area contributed by atoms with Crippen LogP contribution in [0.15, 0.2) is 66.3 Å². The second-order valence-corrected chi connectivity index (χ2v) is 6.94. The number of aliphatic imine (C=N–C) groups is 1. The molecule has 148 valence electrons. The van der Waals surface area contributed by atoms with E-state index in [2.05, 4.69) is 16.9 Å². The van der Waals surface area contributed by atoms with Gasteiger partial charge in [0.15, 0.2) is 0 Å². The Morgan fingerprint density at radius 2 is 1.93 bits per heavy atom. The van der Waals surface area contributed by atoms with Crippen LogP contribution in [-0.2, 0) is 0 Å². The van der Waals surface area contributed by atoms with E-state index in [1.165, 1.54) is 12.1 Å². The molecule has 0 aliphatic carbocycles. The van der Waals surface area contributed by atoms with E-state index in [0.29, 0.717) is 23.0 Å². The van der Waals surface area contributed by atoms with Crippen LogP contribution in [0.1, 0.15) is 22.4 Å². The van der Waals surface area contributed by atoms with Gasteiger partial charge >= 0.3 is 0 Å². The number of benzene rings is 2. The standard InChI is InChI=1S/C23H21ClFN3O/c1-14-5-9-19(29-4)12-20(14)23(28-18-8-10-22(25)21(24)11-18)27-16(3)17-7-6-15(2)26-13-17/h5-13H,3H2,1-2,4H3,(H,27,28). The van der Waals surface area contributed by atoms with Crippen LogP contribution in [0.5, 0.6) is 5.75 Å². The van der Waals surface area contributed by atoms with Gasteiger partial charge in [0.25, 0.3) is 0 Å². The van der Waals surface area contributed by atoms with Crippen LogP contribution in [-0.4, -0.2) is 17.9 Å². The van der Waals surface area contributed by atoms with Crippen LogP contribution in [0.4, 0.5) is 10.1 Å². The minimum Gasteiger partial charge on any atom is -0.497 e. The Morgan fingerprint density at radius 1 is 1.14 bits per heavy atom. The zero-order valence-corrected chi connectivity index (χ0v) is 17.2. The van der Waals surface area contributed by atoms with E-state index in [1.54, 1.807) is 19.4 Å². The summed E-state index contributed by atoms with van der Waals surface area (Å²) in [5.74, 6) is 0.748. The second kappa shape index (κ2) is 8.88. The highest BCUT2D eigenvalue weighted by Gasteiger charge is 2.12. The molecule has 0 radical (unpaired) electrons. The second-order valence-electron chi connectivity index (χ2n) is 6.53. The molecule has 1 N–H and O–H groups in total. The third-order valence-corrected chi connectivity index (χ3v) is 4.66. The number of aryl methyl sites for hydroxylation is 2. The molecule has 0 aliphatic rings. The SMILES string of the molecule is C=C(N=C(Nc1ccc(F)c(Cl)c1)c1cc(OC)ccc1C)c1ccc(C)nc1. The number of methoxy groups -OCH3 is 1. The summed E-state index contributed by atoms with van der Waals surface area (Å²) in [6.07, 6.45) is 1.73. The molecule has 0 bridgehead atoms. The minimum atomic E-state index is -0.483. The quantitative estimate of drug-likeness (QED) is 0.413. The molecule has 6 heteroatoms. The number of nitrogens with one attached hydrogen (secondary N) is 1. The van der Waals surface area contributed by atoms with Crippen molar-refractivity contribution < 1.29 is 9.13 Å². The van der Waals surface area contributed by atoms with Crippen LogP contribution >= 0.6 is 11.6 Å². The van der Waals surface area contributed by atoms with E-state index in [-0.39, 0.29) is 5.02 Å². The Morgan fingerprint density at radius 3 is 2.59 bits per heavy atom. The summed E-state index contributed by atoms with van der Waals surface area (Å²) in [7, 11) is 1.61. The van der Waals surface area contributed by atoms with Crippen molar-refractivity contribution in [2.24, 2.45) is 4.99 Å². The molecule has 3 aromatic rings. The van der Waals surface area contributed by atoms with Crippen molar-refractivity contribution in [3.63, 3.8) is 0 Å². The lowest BCUT2D eigenvalue weighted by atomic mass is 10.1. The Hall–Kier alpha value is -3.18. The molecule has 0 atom stereocenters. The Balaban J connectivity index is 2.06. The summed E-state index contributed by atoms with van der Waals surface area (Å²) < 4.78 is 18.9. The Kier molecular flexibility index (Phi) is 6.29. The van der Waals surface area contributed by atoms with Crippen molar-refractivity contribution in [2.45, 2.75) is 13.8 Å². The molecule has 0 saturated carbocycles. The van der Waals surface area contributed by atoms with E-state index >= 15 is 0 Å². The summed E-state index contributed by atoms with van der Waals surface area (Å²) in [5, 5.41) is 3.26. The number of pyridine rings is 1. The zero-order valence-electron chi connectivity index (χ0n) is 16.5. The molecule has 0 fully saturated rings. The topological polar surface area (TPSA) is 46.5 Å². The van der Waals surface area contributed by atoms with Crippen molar-refractivity contribution >= 4 is 28.8 Å². The van der Waals surface area contributed by atoms with E-state index in [1.807, 2.05) is 44.2 Å². The smallest absolute Gasteiger partial charge is 0.141 e. The average molecular weight is 410 g/mol. The van der Waals surface area contributed by atoms with Crippen molar-refractivity contribution in [3.8, 4) is 5.75 Å². The molecule has 4 nitrogen and oxygen atoms in total. The lowest BCUT2D eigenvalue weighted by Gasteiger charge is -2.15. The molecule has 3 rings (SSSR count). The van der Waals surface area contributed by atoms with Crippen LogP contribution in [0.2, 0.25) is 5.02 Å². The van der Waals surface area contributed by atoms with Gasteiger partial charge in [-0.2, -0.15) is 0 Å². The molecule has 0 unspecified atom stereocenters. The number of halogens is 2. The number of hydrogen-bond donors (Lipinski definition) is 1. The van der Waals surface area contributed by atoms with Gasteiger partial charge in [-0.15, -0.1) is 0 Å². The van der Waals surface area contributed by atoms with Gasteiger partial charge in [0.05, 0.1) is 17.8 Å². The highest BCUT2D eigenvalue weighted by atomic mass is 35.5. The molecule has 0 aliphatic heterocycles. The monoisotopic (exact) mass is 409 g/mol. The number of nitrogens with zero attached hydrogens (tertiary/aromatic N) is 2. The number of aromatic nitrogens is 1. The van der Waals surface area contributed by atoms with Crippen LogP contribution < -0.4 is 10.1 Å². The largest absolute Gasteiger partial charge is 0.497 e. The first kappa shape index (κ1) is 20.6. The molecule has 29 heavy (non-hydrogen) atoms. The summed E-state index contributed by atoms with van der Waals surface area (Å²) in [5.41, 5.74) is 4.66. The maximum absolute atomic E-state index is 13.6. The Labute approximate surface area is 174 Å². The van der Waals surface area contributed by atoms with E-state index in [9.17, 15) is 4.39 Å². The van der Waals surface area contributed by atoms with Crippen molar-refractivity contribution in [1.29, 1.82) is 0 Å². The fourth-order valence-electron chi connectivity index (χ4n) is 2.69. The lowest BCUT2D eigenvalue weighted by Crippen LogP contribution is -2.15. The molecule has 0 spiro atoms. The van der Waals surface area contributed by atoms with Crippen molar-refractivity contribution in [2.75, 3.05) is 12.4 Å². The fourth-order valence-corrected chi connectivity index (χ4v) is 2.87. The van der Waals surface area contributed by atoms with Crippen molar-refractivity contribution in [1.82, 2.24) is 4.98 Å². The number of rotatable bonds is 5. The summed E-state index contributed by atoms with van der Waals surface area (Å²) in [6, 6.07) is 13.9. The number of ether oxygens (including phenoxy) is 1. The summed E-state index contributed by atoms with van der Waals surface area (Å²) in [6.45, 7) is 7.97. The molecule has 0 amide bonds. The van der Waals surface area contributed by atoms with Gasteiger partial charge < -0.3 is 10.1 Å². The third-order valence-electron chi connectivity index (χ3n) is 4.37. The summed E-state index contributed by atoms with van der Waals surface area (Å²) in [4.78, 5) is 9.01. The highest BCUT2D eigenvalue weighted by Crippen LogP contribution is 2.24. The normalized spacial score (nSPS) is 11.3. The zero-order chi connectivity index (χ0) is 21.0. The van der Waals surface area contributed by atoms with Gasteiger partial charge in [-0.1, -0.05) is 24.2 Å². The molecule has 2 aromatic carbocycles. The van der Waals surface area contributed by atoms with E-state index < -0.39 is 5.82 Å². The maximum Gasteiger partial charge on any atom is 0.141 e. The fraction of sp³-hybridized carbons (Fsp3) is 0.130. The number of amidine groups is 1. The molecule has 0 saturated heterocycles. The lowest BCUT2D eigenvalue weighted by molar-refractivity contribution is 0.414. The average Bonchev–Trinajstić information content (AvgIpc) is 2.71. The van der Waals surface area contributed by atoms with Crippen molar-refractivity contribution in [3.05, 3.63) is 94.5 Å². The predicted octanol–water partition coefficient (Wildman–Crippen LogP) is 6.03. The molecule has 1 heterocycles. The van der Waals surface area contributed by atoms with Gasteiger partial charge in [0.1, 0.15) is 17.4 Å². The van der Waals surface area contributed by atoms with Crippen LogP contribution in [0.3, 0.4) is 0 Å². The first-order valence-electron chi connectivity index (χ1n) is 8.95. The Bertz CT molecular complexity index is 1080. The summed E-state index contributed by atoms with van der Waals surface area (Å²) >= 11 is 5.94. The van der Waals surface area contributed by atoms with Gasteiger partial charge in [-0.25, -0.2) is 9.38 Å². The third kappa shape index (κ3) is 5.00. The maximum atomic E-state index is 13.6. The molecular weight excluding hydrogens is 389 g/mol. The predicted molar refractivity (Wildman–Crippen MR) is 117 cm³/mol. The van der Waals surface area contributed by atoms with Gasteiger partial charge in [0, 0.05) is 28.7 Å². The highest BCUT2D eigenvalue weighted by molar-refractivity contribution is 6.31. The van der Waals surface area contributed by atoms with Gasteiger partial charge in [0.2, 0.25) is 0 Å². The van der Waals surface area contributed by atoms with Gasteiger partial charge in [-0.3, -0.25) is 4.98 Å². The number of hydrogen-bond acceptors (Lipinski definition) is 3.